The van der Waals surface area contributed by atoms with Crippen molar-refractivity contribution < 1.29 is 42.1 Å². The maximum Gasteiger partial charge on any atom is 0.306 e. The SMILES string of the molecule is CCCCCC/C=C/CCCCCCCCCCCC(=O)O[C@H](COC(=O)CCCCCCCCC)COP(=O)([O-])OCC[N+](C)(C)C. The van der Waals surface area contributed by atoms with Crippen molar-refractivity contribution in [2.24, 2.45) is 0 Å². The van der Waals surface area contributed by atoms with Gasteiger partial charge in [0.05, 0.1) is 27.7 Å². The Labute approximate surface area is 295 Å². The summed E-state index contributed by atoms with van der Waals surface area (Å²) in [5.41, 5.74) is 0. The highest BCUT2D eigenvalue weighted by molar-refractivity contribution is 7.45. The van der Waals surface area contributed by atoms with Gasteiger partial charge >= 0.3 is 11.9 Å². The smallest absolute Gasteiger partial charge is 0.306 e. The first-order valence-corrected chi connectivity index (χ1v) is 20.9. The molecule has 0 aromatic heterocycles. The van der Waals surface area contributed by atoms with Crippen LogP contribution in [0.3, 0.4) is 0 Å². The number of unbranched alkanes of at least 4 members (excludes halogenated alkanes) is 19. The lowest BCUT2D eigenvalue weighted by Crippen LogP contribution is -2.37. The number of hydrogen-bond donors (Lipinski definition) is 0. The predicted octanol–water partition coefficient (Wildman–Crippen LogP) is 9.61. The molecule has 0 aliphatic rings. The van der Waals surface area contributed by atoms with Crippen LogP contribution < -0.4 is 4.89 Å². The molecule has 0 N–H and O–H groups in total. The molecule has 0 saturated carbocycles. The molecule has 0 aliphatic heterocycles. The molecule has 2 atom stereocenters. The van der Waals surface area contributed by atoms with Crippen molar-refractivity contribution >= 4 is 19.8 Å². The van der Waals surface area contributed by atoms with Gasteiger partial charge in [-0.2, -0.15) is 0 Å². The third kappa shape index (κ3) is 34.6. The van der Waals surface area contributed by atoms with Crippen LogP contribution in [0.1, 0.15) is 168 Å². The molecule has 284 valence electrons. The molecule has 10 heteroatoms. The summed E-state index contributed by atoms with van der Waals surface area (Å²) in [6.45, 7) is 4.16. The largest absolute Gasteiger partial charge is 0.756 e. The Morgan fingerprint density at radius 1 is 0.625 bits per heavy atom. The van der Waals surface area contributed by atoms with Gasteiger partial charge < -0.3 is 27.9 Å². The number of nitrogens with zero attached hydrogens (tertiary/aromatic N) is 1. The summed E-state index contributed by atoms with van der Waals surface area (Å²) in [6.07, 6.45) is 29.7. The number of hydrogen-bond acceptors (Lipinski definition) is 8. The molecule has 0 rings (SSSR count). The zero-order chi connectivity index (χ0) is 35.8. The van der Waals surface area contributed by atoms with Crippen molar-refractivity contribution in [3.63, 3.8) is 0 Å². The van der Waals surface area contributed by atoms with Gasteiger partial charge in [0, 0.05) is 12.8 Å². The molecule has 0 saturated heterocycles. The third-order valence-corrected chi connectivity index (χ3v) is 9.25. The van der Waals surface area contributed by atoms with Crippen molar-refractivity contribution in [2.45, 2.75) is 174 Å². The number of ether oxygens (including phenoxy) is 2. The Bertz CT molecular complexity index is 845. The van der Waals surface area contributed by atoms with E-state index in [4.69, 9.17) is 18.5 Å². The van der Waals surface area contributed by atoms with E-state index in [1.165, 1.54) is 96.3 Å². The van der Waals surface area contributed by atoms with Crippen LogP contribution in [0.5, 0.6) is 0 Å². The summed E-state index contributed by atoms with van der Waals surface area (Å²) in [5.74, 6) is -0.840. The van der Waals surface area contributed by atoms with Crippen LogP contribution in [-0.2, 0) is 32.7 Å². The molecule has 0 aliphatic carbocycles. The molecule has 1 unspecified atom stereocenters. The van der Waals surface area contributed by atoms with E-state index in [0.717, 1.165) is 38.5 Å². The van der Waals surface area contributed by atoms with Crippen LogP contribution in [0.2, 0.25) is 0 Å². The molecule has 9 nitrogen and oxygen atoms in total. The molecule has 0 radical (unpaired) electrons. The molecule has 48 heavy (non-hydrogen) atoms. The first-order chi connectivity index (χ1) is 23.0. The molecule has 0 aromatic rings. The van der Waals surface area contributed by atoms with Crippen molar-refractivity contribution in [1.29, 1.82) is 0 Å². The van der Waals surface area contributed by atoms with E-state index in [2.05, 4.69) is 26.0 Å². The molecule has 0 aromatic carbocycles. The minimum absolute atomic E-state index is 0.0287. The van der Waals surface area contributed by atoms with Gasteiger partial charge in [0.15, 0.2) is 6.10 Å². The van der Waals surface area contributed by atoms with E-state index in [9.17, 15) is 19.0 Å². The molecule has 0 fully saturated rings. The van der Waals surface area contributed by atoms with Crippen LogP contribution in [0, 0.1) is 0 Å². The van der Waals surface area contributed by atoms with E-state index < -0.39 is 26.5 Å². The number of carbonyl (C=O) groups is 2. The van der Waals surface area contributed by atoms with Gasteiger partial charge in [0.1, 0.15) is 19.8 Å². The molecule has 0 amide bonds. The maximum absolute atomic E-state index is 12.6. The lowest BCUT2D eigenvalue weighted by Gasteiger charge is -2.28. The number of likely N-dealkylation sites (N-methyl/N-ethyl adjacent to an activating group) is 1. The fourth-order valence-electron chi connectivity index (χ4n) is 5.18. The summed E-state index contributed by atoms with van der Waals surface area (Å²) < 4.78 is 33.7. The van der Waals surface area contributed by atoms with Crippen molar-refractivity contribution in [2.75, 3.05) is 47.5 Å². The lowest BCUT2D eigenvalue weighted by molar-refractivity contribution is -0.870. The Kier molecular flexibility index (Phi) is 30.9. The Hall–Kier alpha value is -1.25. The maximum atomic E-state index is 12.6. The Morgan fingerprint density at radius 2 is 1.06 bits per heavy atom. The van der Waals surface area contributed by atoms with Crippen molar-refractivity contribution in [1.82, 2.24) is 0 Å². The molecule has 0 heterocycles. The van der Waals surface area contributed by atoms with Gasteiger partial charge in [-0.15, -0.1) is 0 Å². The lowest BCUT2D eigenvalue weighted by atomic mass is 10.1. The number of phosphoric ester groups is 1. The standard InChI is InChI=1S/C38H74NO8P/c1-6-8-10-12-14-15-16-17-18-19-20-21-22-23-25-27-29-31-38(41)47-36(35-46-48(42,43)45-33-32-39(3,4)5)34-44-37(40)30-28-26-24-13-11-9-7-2/h15-16,36H,6-14,17-35H2,1-5H3/b16-15+/t36-/m1/s1. The highest BCUT2D eigenvalue weighted by atomic mass is 31.2. The highest BCUT2D eigenvalue weighted by Crippen LogP contribution is 2.38. The van der Waals surface area contributed by atoms with Crippen LogP contribution >= 0.6 is 7.82 Å². The number of phosphoric acid groups is 1. The summed E-state index contributed by atoms with van der Waals surface area (Å²) in [4.78, 5) is 37.2. The molecular formula is C38H74NO8P. The number of esters is 2. The van der Waals surface area contributed by atoms with Crippen LogP contribution in [0.25, 0.3) is 0 Å². The van der Waals surface area contributed by atoms with Gasteiger partial charge in [-0.25, -0.2) is 0 Å². The second kappa shape index (κ2) is 31.7. The minimum Gasteiger partial charge on any atom is -0.756 e. The molecule has 0 bridgehead atoms. The summed E-state index contributed by atoms with van der Waals surface area (Å²) in [5, 5.41) is 0. The topological polar surface area (TPSA) is 111 Å². The second-order valence-electron chi connectivity index (χ2n) is 14.3. The van der Waals surface area contributed by atoms with E-state index in [1.54, 1.807) is 0 Å². The van der Waals surface area contributed by atoms with E-state index >= 15 is 0 Å². The minimum atomic E-state index is -4.61. The number of quaternary nitrogens is 1. The van der Waals surface area contributed by atoms with E-state index in [0.29, 0.717) is 17.4 Å². The van der Waals surface area contributed by atoms with Crippen molar-refractivity contribution in [3.8, 4) is 0 Å². The average molecular weight is 704 g/mol. The van der Waals surface area contributed by atoms with Crippen molar-refractivity contribution in [3.05, 3.63) is 12.2 Å². The average Bonchev–Trinajstić information content (AvgIpc) is 3.02. The zero-order valence-corrected chi connectivity index (χ0v) is 32.6. The van der Waals surface area contributed by atoms with E-state index in [1.807, 2.05) is 21.1 Å². The third-order valence-electron chi connectivity index (χ3n) is 8.29. The van der Waals surface area contributed by atoms with Crippen LogP contribution in [0.4, 0.5) is 0 Å². The Balaban J connectivity index is 4.32. The first kappa shape index (κ1) is 46.8. The molecule has 0 spiro atoms. The van der Waals surface area contributed by atoms with Crippen LogP contribution in [-0.4, -0.2) is 70.0 Å². The molecular weight excluding hydrogens is 629 g/mol. The predicted molar refractivity (Wildman–Crippen MR) is 195 cm³/mol. The summed E-state index contributed by atoms with van der Waals surface area (Å²) in [7, 11) is 1.17. The normalized spacial score (nSPS) is 13.9. The van der Waals surface area contributed by atoms with Gasteiger partial charge in [-0.1, -0.05) is 129 Å². The highest BCUT2D eigenvalue weighted by Gasteiger charge is 2.21. The summed E-state index contributed by atoms with van der Waals surface area (Å²) >= 11 is 0. The van der Waals surface area contributed by atoms with Crippen LogP contribution in [0.15, 0.2) is 12.2 Å². The fourth-order valence-corrected chi connectivity index (χ4v) is 5.91. The van der Waals surface area contributed by atoms with E-state index in [-0.39, 0.29) is 32.0 Å². The second-order valence-corrected chi connectivity index (χ2v) is 15.7. The quantitative estimate of drug-likeness (QED) is 0.0211. The Morgan fingerprint density at radius 3 is 1.56 bits per heavy atom. The number of allylic oxidation sites excluding steroid dienone is 2. The monoisotopic (exact) mass is 704 g/mol. The first-order valence-electron chi connectivity index (χ1n) is 19.4. The zero-order valence-electron chi connectivity index (χ0n) is 31.7. The number of rotatable bonds is 35. The fraction of sp³-hybridized carbons (Fsp3) is 0.895. The van der Waals surface area contributed by atoms with Gasteiger partial charge in [0.25, 0.3) is 7.82 Å². The van der Waals surface area contributed by atoms with Gasteiger partial charge in [-0.3, -0.25) is 14.2 Å². The number of carbonyl (C=O) groups excluding carboxylic acids is 2. The summed E-state index contributed by atoms with van der Waals surface area (Å²) in [6, 6.07) is 0. The van der Waals surface area contributed by atoms with Gasteiger partial charge in [0.2, 0.25) is 0 Å². The van der Waals surface area contributed by atoms with Gasteiger partial charge in [-0.05, 0) is 38.5 Å².